The molecule has 0 radical (unpaired) electrons. The van der Waals surface area contributed by atoms with Crippen molar-refractivity contribution in [2.75, 3.05) is 37.0 Å². The number of anilines is 2. The molecule has 1 aliphatic heterocycles. The molecule has 0 aromatic heterocycles. The highest BCUT2D eigenvalue weighted by Crippen LogP contribution is 2.35. The van der Waals surface area contributed by atoms with E-state index in [4.69, 9.17) is 9.47 Å². The monoisotopic (exact) mass is 484 g/mol. The van der Waals surface area contributed by atoms with E-state index < -0.39 is 22.6 Å². The molecule has 188 valence electrons. The van der Waals surface area contributed by atoms with E-state index in [2.05, 4.69) is 15.5 Å². The fourth-order valence-electron chi connectivity index (χ4n) is 4.09. The van der Waals surface area contributed by atoms with Gasteiger partial charge in [-0.05, 0) is 44.4 Å². The van der Waals surface area contributed by atoms with Crippen LogP contribution in [-0.2, 0) is 4.79 Å². The number of hydrogen-bond acceptors (Lipinski definition) is 7. The van der Waals surface area contributed by atoms with Crippen molar-refractivity contribution in [3.63, 3.8) is 0 Å². The molecule has 2 N–H and O–H groups in total. The zero-order valence-corrected chi connectivity index (χ0v) is 20.3. The minimum Gasteiger partial charge on any atom is -0.493 e. The summed E-state index contributed by atoms with van der Waals surface area (Å²) in [6.45, 7) is 5.89. The second-order valence-electron chi connectivity index (χ2n) is 8.26. The summed E-state index contributed by atoms with van der Waals surface area (Å²) in [6, 6.07) is 9.15. The number of rotatable bonds is 11. The quantitative estimate of drug-likeness (QED) is 0.363. The van der Waals surface area contributed by atoms with Gasteiger partial charge in [0.15, 0.2) is 11.5 Å². The Hall–Kier alpha value is -3.82. The molecule has 10 nitrogen and oxygen atoms in total. The van der Waals surface area contributed by atoms with Crippen LogP contribution in [0.2, 0.25) is 0 Å². The molecule has 1 unspecified atom stereocenters. The smallest absolute Gasteiger partial charge is 0.286 e. The largest absolute Gasteiger partial charge is 0.493 e. The first-order valence-corrected chi connectivity index (χ1v) is 11.8. The fraction of sp³-hybridized carbons (Fsp3) is 0.440. The number of nitro benzene ring substituents is 1. The van der Waals surface area contributed by atoms with Gasteiger partial charge in [0.05, 0.1) is 24.7 Å². The van der Waals surface area contributed by atoms with E-state index in [0.29, 0.717) is 18.5 Å². The molecule has 3 rings (SSSR count). The standard InChI is InChI=1S/C25H32N4O6/c1-4-9-20(25(31)26-17-10-8-11-18(14-17)28-12-6-7-13-28)27-24(30)19-15-23(35-5-2)22(34-3)16-21(19)29(32)33/h8,10-11,14-16,20H,4-7,9,12-13H2,1-3H3,(H,26,31)(H,27,30). The first kappa shape index (κ1) is 25.8. The number of ether oxygens (including phenoxy) is 2. The van der Waals surface area contributed by atoms with Gasteiger partial charge in [0, 0.05) is 30.5 Å². The fourth-order valence-corrected chi connectivity index (χ4v) is 4.09. The lowest BCUT2D eigenvalue weighted by Gasteiger charge is -2.21. The number of carbonyl (C=O) groups excluding carboxylic acids is 2. The molecule has 0 spiro atoms. The second kappa shape index (κ2) is 12.0. The molecule has 10 heteroatoms. The third-order valence-electron chi connectivity index (χ3n) is 5.81. The van der Waals surface area contributed by atoms with Crippen molar-refractivity contribution in [3.05, 3.63) is 52.1 Å². The predicted molar refractivity (Wildman–Crippen MR) is 133 cm³/mol. The first-order chi connectivity index (χ1) is 16.9. The normalized spacial score (nSPS) is 13.7. The van der Waals surface area contributed by atoms with Crippen molar-refractivity contribution in [2.45, 2.75) is 45.6 Å². The van der Waals surface area contributed by atoms with Gasteiger partial charge in [-0.15, -0.1) is 0 Å². The molecule has 0 aliphatic carbocycles. The number of nitrogens with zero attached hydrogens (tertiary/aromatic N) is 2. The average Bonchev–Trinajstić information content (AvgIpc) is 3.39. The summed E-state index contributed by atoms with van der Waals surface area (Å²) in [5.74, 6) is -0.767. The van der Waals surface area contributed by atoms with Gasteiger partial charge in [0.2, 0.25) is 5.91 Å². The number of hydrogen-bond donors (Lipinski definition) is 2. The molecule has 2 aromatic rings. The van der Waals surface area contributed by atoms with Crippen molar-refractivity contribution < 1.29 is 24.0 Å². The number of benzene rings is 2. The third-order valence-corrected chi connectivity index (χ3v) is 5.81. The van der Waals surface area contributed by atoms with E-state index in [9.17, 15) is 19.7 Å². The summed E-state index contributed by atoms with van der Waals surface area (Å²) in [7, 11) is 1.36. The van der Waals surface area contributed by atoms with Crippen molar-refractivity contribution >= 4 is 28.9 Å². The number of amides is 2. The molecule has 1 saturated heterocycles. The van der Waals surface area contributed by atoms with Gasteiger partial charge in [-0.25, -0.2) is 0 Å². The molecule has 0 saturated carbocycles. The van der Waals surface area contributed by atoms with Gasteiger partial charge in [0.1, 0.15) is 11.6 Å². The van der Waals surface area contributed by atoms with Gasteiger partial charge in [-0.1, -0.05) is 19.4 Å². The molecule has 2 aromatic carbocycles. The molecular weight excluding hydrogens is 452 g/mol. The van der Waals surface area contributed by atoms with Crippen LogP contribution in [-0.4, -0.2) is 49.6 Å². The lowest BCUT2D eigenvalue weighted by molar-refractivity contribution is -0.385. The Kier molecular flexibility index (Phi) is 8.88. The van der Waals surface area contributed by atoms with E-state index in [-0.39, 0.29) is 29.6 Å². The maximum absolute atomic E-state index is 13.1. The summed E-state index contributed by atoms with van der Waals surface area (Å²) >= 11 is 0. The van der Waals surface area contributed by atoms with Gasteiger partial charge < -0.3 is 25.0 Å². The first-order valence-electron chi connectivity index (χ1n) is 11.8. The lowest BCUT2D eigenvalue weighted by Crippen LogP contribution is -2.43. The van der Waals surface area contributed by atoms with Crippen LogP contribution < -0.4 is 25.0 Å². The van der Waals surface area contributed by atoms with Crippen molar-refractivity contribution in [1.29, 1.82) is 0 Å². The summed E-state index contributed by atoms with van der Waals surface area (Å²) in [4.78, 5) is 39.4. The molecule has 1 fully saturated rings. The van der Waals surface area contributed by atoms with E-state index >= 15 is 0 Å². The Morgan fingerprint density at radius 2 is 1.89 bits per heavy atom. The summed E-state index contributed by atoms with van der Waals surface area (Å²) in [6.07, 6.45) is 3.28. The van der Waals surface area contributed by atoms with E-state index in [1.807, 2.05) is 25.1 Å². The Morgan fingerprint density at radius 3 is 2.51 bits per heavy atom. The maximum Gasteiger partial charge on any atom is 0.286 e. The number of nitrogens with one attached hydrogen (secondary N) is 2. The third kappa shape index (κ3) is 6.40. The van der Waals surface area contributed by atoms with Crippen LogP contribution in [0.3, 0.4) is 0 Å². The van der Waals surface area contributed by atoms with Crippen LogP contribution in [0, 0.1) is 10.1 Å². The topological polar surface area (TPSA) is 123 Å². The van der Waals surface area contributed by atoms with Gasteiger partial charge >= 0.3 is 0 Å². The van der Waals surface area contributed by atoms with Crippen molar-refractivity contribution in [3.8, 4) is 11.5 Å². The highest BCUT2D eigenvalue weighted by atomic mass is 16.6. The van der Waals surface area contributed by atoms with Gasteiger partial charge in [-0.3, -0.25) is 19.7 Å². The molecule has 35 heavy (non-hydrogen) atoms. The molecule has 1 atom stereocenters. The van der Waals surface area contributed by atoms with Crippen LogP contribution in [0.4, 0.5) is 17.1 Å². The van der Waals surface area contributed by atoms with Crippen LogP contribution in [0.25, 0.3) is 0 Å². The zero-order chi connectivity index (χ0) is 25.4. The van der Waals surface area contributed by atoms with Gasteiger partial charge in [0.25, 0.3) is 11.6 Å². The Morgan fingerprint density at radius 1 is 1.14 bits per heavy atom. The van der Waals surface area contributed by atoms with E-state index in [1.165, 1.54) is 13.2 Å². The maximum atomic E-state index is 13.1. The molecule has 2 amide bonds. The van der Waals surface area contributed by atoms with Crippen molar-refractivity contribution in [2.24, 2.45) is 0 Å². The minimum absolute atomic E-state index is 0.149. The van der Waals surface area contributed by atoms with Crippen LogP contribution in [0.5, 0.6) is 11.5 Å². The number of methoxy groups -OCH3 is 1. The predicted octanol–water partition coefficient (Wildman–Crippen LogP) is 4.14. The summed E-state index contributed by atoms with van der Waals surface area (Å²) < 4.78 is 10.6. The molecule has 1 heterocycles. The summed E-state index contributed by atoms with van der Waals surface area (Å²) in [5, 5.41) is 17.2. The van der Waals surface area contributed by atoms with Crippen LogP contribution >= 0.6 is 0 Å². The van der Waals surface area contributed by atoms with E-state index in [0.717, 1.165) is 37.7 Å². The average molecular weight is 485 g/mol. The van der Waals surface area contributed by atoms with E-state index in [1.54, 1.807) is 13.0 Å². The Bertz CT molecular complexity index is 1070. The number of carbonyl (C=O) groups is 2. The number of nitro groups is 1. The summed E-state index contributed by atoms with van der Waals surface area (Å²) in [5.41, 5.74) is 1.03. The second-order valence-corrected chi connectivity index (χ2v) is 8.26. The molecule has 0 bridgehead atoms. The highest BCUT2D eigenvalue weighted by Gasteiger charge is 2.28. The minimum atomic E-state index is -0.875. The van der Waals surface area contributed by atoms with Crippen LogP contribution in [0.1, 0.15) is 49.9 Å². The Labute approximate surface area is 204 Å². The lowest BCUT2D eigenvalue weighted by atomic mass is 10.1. The zero-order valence-electron chi connectivity index (χ0n) is 20.3. The SMILES string of the molecule is CCCC(NC(=O)c1cc(OCC)c(OC)cc1[N+](=O)[O-])C(=O)Nc1cccc(N2CCCC2)c1. The molecular formula is C25H32N4O6. The highest BCUT2D eigenvalue weighted by molar-refractivity contribution is 6.03. The van der Waals surface area contributed by atoms with Crippen LogP contribution in [0.15, 0.2) is 36.4 Å². The van der Waals surface area contributed by atoms with Gasteiger partial charge in [-0.2, -0.15) is 0 Å². The Balaban J connectivity index is 1.80. The van der Waals surface area contributed by atoms with Crippen molar-refractivity contribution in [1.82, 2.24) is 5.32 Å². The molecule has 1 aliphatic rings.